The molecule has 0 saturated carbocycles. The molecule has 1 N–H and O–H groups in total. The minimum Gasteiger partial charge on any atom is -0.495 e. The number of rotatable bonds is 5. The number of carbonyl (C=O) groups excluding carboxylic acids is 1. The number of hydrogen-bond donors (Lipinski definition) is 1. The quantitative estimate of drug-likeness (QED) is 0.913. The van der Waals surface area contributed by atoms with Gasteiger partial charge in [0.1, 0.15) is 5.75 Å². The zero-order valence-electron chi connectivity index (χ0n) is 14.3. The van der Waals surface area contributed by atoms with Gasteiger partial charge in [-0.05, 0) is 49.6 Å². The Morgan fingerprint density at radius 3 is 2.79 bits per heavy atom. The van der Waals surface area contributed by atoms with Gasteiger partial charge in [0.15, 0.2) is 0 Å². The second-order valence-corrected chi connectivity index (χ2v) is 6.27. The third-order valence-electron chi connectivity index (χ3n) is 4.64. The lowest BCUT2D eigenvalue weighted by atomic mass is 9.87. The second kappa shape index (κ2) is 7.49. The molecule has 0 heterocycles. The number of ether oxygens (including phenoxy) is 1. The molecule has 126 valence electrons. The third-order valence-corrected chi connectivity index (χ3v) is 4.64. The van der Waals surface area contributed by atoms with Crippen LogP contribution in [0.5, 0.6) is 5.75 Å². The predicted molar refractivity (Wildman–Crippen MR) is 96.4 cm³/mol. The van der Waals surface area contributed by atoms with Gasteiger partial charge in [-0.15, -0.1) is 0 Å². The highest BCUT2D eigenvalue weighted by Gasteiger charge is 2.24. The van der Waals surface area contributed by atoms with E-state index in [4.69, 9.17) is 4.74 Å². The second-order valence-electron chi connectivity index (χ2n) is 6.27. The summed E-state index contributed by atoms with van der Waals surface area (Å²) in [5.41, 5.74) is 3.48. The Kier molecular flexibility index (Phi) is 5.16. The molecule has 0 saturated heterocycles. The van der Waals surface area contributed by atoms with Gasteiger partial charge in [-0.1, -0.05) is 36.4 Å². The van der Waals surface area contributed by atoms with Crippen LogP contribution in [0.25, 0.3) is 0 Å². The van der Waals surface area contributed by atoms with Crippen LogP contribution in [-0.4, -0.2) is 31.5 Å². The molecule has 1 atom stereocenters. The summed E-state index contributed by atoms with van der Waals surface area (Å²) in [6, 6.07) is 16.3. The van der Waals surface area contributed by atoms with E-state index >= 15 is 0 Å². The highest BCUT2D eigenvalue weighted by atomic mass is 16.5. The number of amides is 1. The first-order valence-corrected chi connectivity index (χ1v) is 8.40. The summed E-state index contributed by atoms with van der Waals surface area (Å²) in [5, 5.41) is 2.95. The molecule has 0 spiro atoms. The summed E-state index contributed by atoms with van der Waals surface area (Å²) >= 11 is 0. The summed E-state index contributed by atoms with van der Waals surface area (Å²) < 4.78 is 5.29. The summed E-state index contributed by atoms with van der Waals surface area (Å²) in [6.07, 6.45) is 3.39. The number of methoxy groups -OCH3 is 1. The molecule has 0 unspecified atom stereocenters. The van der Waals surface area contributed by atoms with Gasteiger partial charge in [-0.2, -0.15) is 0 Å². The van der Waals surface area contributed by atoms with Gasteiger partial charge < -0.3 is 10.1 Å². The summed E-state index contributed by atoms with van der Waals surface area (Å²) in [4.78, 5) is 14.6. The molecular formula is C20H24N2O2. The molecule has 0 radical (unpaired) electrons. The molecule has 2 aromatic carbocycles. The Bertz CT molecular complexity index is 714. The molecule has 0 fully saturated rings. The number of carbonyl (C=O) groups is 1. The minimum atomic E-state index is -0.0231. The van der Waals surface area contributed by atoms with E-state index in [-0.39, 0.29) is 5.91 Å². The number of anilines is 1. The normalized spacial score (nSPS) is 16.5. The Hall–Kier alpha value is -2.33. The molecule has 0 aliphatic heterocycles. The van der Waals surface area contributed by atoms with Crippen molar-refractivity contribution in [2.75, 3.05) is 26.0 Å². The largest absolute Gasteiger partial charge is 0.495 e. The number of fused-ring (bicyclic) bond motifs is 1. The fourth-order valence-electron chi connectivity index (χ4n) is 3.46. The number of nitrogens with zero attached hydrogens (tertiary/aromatic N) is 1. The number of hydrogen-bond acceptors (Lipinski definition) is 3. The molecule has 0 aromatic heterocycles. The topological polar surface area (TPSA) is 41.6 Å². The Morgan fingerprint density at radius 1 is 1.21 bits per heavy atom. The van der Waals surface area contributed by atoms with Crippen LogP contribution in [0.15, 0.2) is 48.5 Å². The van der Waals surface area contributed by atoms with E-state index < -0.39 is 0 Å². The van der Waals surface area contributed by atoms with Gasteiger partial charge in [0, 0.05) is 6.04 Å². The Labute approximate surface area is 143 Å². The minimum absolute atomic E-state index is 0.0231. The maximum Gasteiger partial charge on any atom is 0.238 e. The molecule has 4 heteroatoms. The fourth-order valence-corrected chi connectivity index (χ4v) is 3.46. The summed E-state index contributed by atoms with van der Waals surface area (Å²) in [6.45, 7) is 0.358. The van der Waals surface area contributed by atoms with E-state index in [1.807, 2.05) is 31.3 Å². The molecule has 1 amide bonds. The van der Waals surface area contributed by atoms with Gasteiger partial charge in [-0.3, -0.25) is 9.69 Å². The van der Waals surface area contributed by atoms with Crippen LogP contribution in [0, 0.1) is 0 Å². The zero-order chi connectivity index (χ0) is 16.9. The van der Waals surface area contributed by atoms with Crippen LogP contribution in [0.2, 0.25) is 0 Å². The monoisotopic (exact) mass is 324 g/mol. The number of aryl methyl sites for hydroxylation is 1. The summed E-state index contributed by atoms with van der Waals surface area (Å²) in [7, 11) is 3.63. The van der Waals surface area contributed by atoms with Crippen molar-refractivity contribution < 1.29 is 9.53 Å². The molecule has 2 aromatic rings. The molecule has 3 rings (SSSR count). The number of nitrogens with one attached hydrogen (secondary N) is 1. The molecule has 4 nitrogen and oxygen atoms in total. The van der Waals surface area contributed by atoms with Crippen molar-refractivity contribution in [3.8, 4) is 5.75 Å². The average Bonchev–Trinajstić information content (AvgIpc) is 2.61. The first-order chi connectivity index (χ1) is 11.7. The van der Waals surface area contributed by atoms with Gasteiger partial charge in [-0.25, -0.2) is 0 Å². The molecular weight excluding hydrogens is 300 g/mol. The molecule has 1 aliphatic carbocycles. The van der Waals surface area contributed by atoms with E-state index in [1.54, 1.807) is 7.11 Å². The molecule has 0 bridgehead atoms. The van der Waals surface area contributed by atoms with Crippen molar-refractivity contribution in [3.63, 3.8) is 0 Å². The SMILES string of the molecule is COc1ccccc1NC(=O)CN(C)[C@H]1CCCc2ccccc21. The highest BCUT2D eigenvalue weighted by molar-refractivity contribution is 5.93. The van der Waals surface area contributed by atoms with Gasteiger partial charge in [0.2, 0.25) is 5.91 Å². The van der Waals surface area contributed by atoms with Crippen molar-refractivity contribution in [2.24, 2.45) is 0 Å². The van der Waals surface area contributed by atoms with Gasteiger partial charge >= 0.3 is 0 Å². The smallest absolute Gasteiger partial charge is 0.238 e. The van der Waals surface area contributed by atoms with E-state index in [9.17, 15) is 4.79 Å². The van der Waals surface area contributed by atoms with Crippen LogP contribution in [-0.2, 0) is 11.2 Å². The first kappa shape index (κ1) is 16.5. The van der Waals surface area contributed by atoms with E-state index in [0.717, 1.165) is 12.8 Å². The standard InChI is InChI=1S/C20H24N2O2/c1-22(18-12-7-9-15-8-3-4-10-16(15)18)14-20(23)21-17-11-5-6-13-19(17)24-2/h3-6,8,10-11,13,18H,7,9,12,14H2,1-2H3,(H,21,23)/t18-/m0/s1. The highest BCUT2D eigenvalue weighted by Crippen LogP contribution is 2.33. The number of benzene rings is 2. The molecule has 1 aliphatic rings. The average molecular weight is 324 g/mol. The van der Waals surface area contributed by atoms with Crippen molar-refractivity contribution in [1.82, 2.24) is 4.90 Å². The maximum atomic E-state index is 12.4. The van der Waals surface area contributed by atoms with Gasteiger partial charge in [0.05, 0.1) is 19.3 Å². The van der Waals surface area contributed by atoms with Crippen LogP contribution in [0.3, 0.4) is 0 Å². The van der Waals surface area contributed by atoms with Crippen LogP contribution in [0.1, 0.15) is 30.0 Å². The van der Waals surface area contributed by atoms with Crippen LogP contribution >= 0.6 is 0 Å². The molecule has 24 heavy (non-hydrogen) atoms. The predicted octanol–water partition coefficient (Wildman–Crippen LogP) is 3.64. The Balaban J connectivity index is 1.67. The number of likely N-dealkylation sites (N-methyl/N-ethyl adjacent to an activating group) is 1. The van der Waals surface area contributed by atoms with Gasteiger partial charge in [0.25, 0.3) is 0 Å². The lowest BCUT2D eigenvalue weighted by molar-refractivity contribution is -0.117. The van der Waals surface area contributed by atoms with Crippen molar-refractivity contribution in [1.29, 1.82) is 0 Å². The van der Waals surface area contributed by atoms with E-state index in [1.165, 1.54) is 17.5 Å². The van der Waals surface area contributed by atoms with Crippen molar-refractivity contribution >= 4 is 11.6 Å². The van der Waals surface area contributed by atoms with Crippen molar-refractivity contribution in [2.45, 2.75) is 25.3 Å². The van der Waals surface area contributed by atoms with Crippen LogP contribution < -0.4 is 10.1 Å². The first-order valence-electron chi connectivity index (χ1n) is 8.40. The lowest BCUT2D eigenvalue weighted by Crippen LogP contribution is -2.35. The lowest BCUT2D eigenvalue weighted by Gasteiger charge is -2.32. The van der Waals surface area contributed by atoms with Crippen LogP contribution in [0.4, 0.5) is 5.69 Å². The Morgan fingerprint density at radius 2 is 1.96 bits per heavy atom. The third kappa shape index (κ3) is 3.60. The zero-order valence-corrected chi connectivity index (χ0v) is 14.3. The maximum absolute atomic E-state index is 12.4. The summed E-state index contributed by atoms with van der Waals surface area (Å²) in [5.74, 6) is 0.654. The van der Waals surface area contributed by atoms with E-state index in [0.29, 0.717) is 24.0 Å². The number of para-hydroxylation sites is 2. The van der Waals surface area contributed by atoms with Crippen molar-refractivity contribution in [3.05, 3.63) is 59.7 Å². The fraction of sp³-hybridized carbons (Fsp3) is 0.350. The van der Waals surface area contributed by atoms with E-state index in [2.05, 4.69) is 34.5 Å².